The Hall–Kier alpha value is -4.09. The van der Waals surface area contributed by atoms with Crippen molar-refractivity contribution in [1.82, 2.24) is 19.9 Å². The van der Waals surface area contributed by atoms with E-state index in [1.54, 1.807) is 46.1 Å². The molecule has 43 heavy (non-hydrogen) atoms. The van der Waals surface area contributed by atoms with Gasteiger partial charge in [-0.25, -0.2) is 14.3 Å². The maximum Gasteiger partial charge on any atom is 0.438 e. The van der Waals surface area contributed by atoms with Crippen molar-refractivity contribution in [3.05, 3.63) is 102 Å². The third-order valence-corrected chi connectivity index (χ3v) is 7.04. The molecule has 0 radical (unpaired) electrons. The molecule has 1 amide bonds. The Morgan fingerprint density at radius 1 is 1.09 bits per heavy atom. The molecule has 0 aliphatic rings. The average Bonchev–Trinajstić information content (AvgIpc) is 3.34. The van der Waals surface area contributed by atoms with Crippen LogP contribution in [0.2, 0.25) is 10.0 Å². The van der Waals surface area contributed by atoms with Crippen LogP contribution in [0.5, 0.6) is 5.75 Å². The lowest BCUT2D eigenvalue weighted by atomic mass is 10.0. The second-order valence-electron chi connectivity index (χ2n) is 11.2. The predicted molar refractivity (Wildman–Crippen MR) is 163 cm³/mol. The molecule has 0 unspecified atom stereocenters. The van der Waals surface area contributed by atoms with E-state index >= 15 is 0 Å². The van der Waals surface area contributed by atoms with E-state index in [4.69, 9.17) is 32.7 Å². The van der Waals surface area contributed by atoms with E-state index in [-0.39, 0.29) is 46.9 Å². The molecule has 13 heteroatoms. The van der Waals surface area contributed by atoms with Gasteiger partial charge < -0.3 is 9.47 Å². The lowest BCUT2D eigenvalue weighted by Gasteiger charge is -2.27. The molecule has 4 rings (SSSR count). The minimum Gasteiger partial charge on any atom is -0.497 e. The summed E-state index contributed by atoms with van der Waals surface area (Å²) in [6.45, 7) is 9.19. The van der Waals surface area contributed by atoms with Crippen LogP contribution >= 0.6 is 23.2 Å². The Labute approximate surface area is 258 Å². The third kappa shape index (κ3) is 8.05. The summed E-state index contributed by atoms with van der Waals surface area (Å²) in [5, 5.41) is 8.83. The maximum atomic E-state index is 13.3. The van der Waals surface area contributed by atoms with Gasteiger partial charge in [-0.1, -0.05) is 54.3 Å². The molecule has 0 fully saturated rings. The predicted octanol–water partition coefficient (Wildman–Crippen LogP) is 5.94. The van der Waals surface area contributed by atoms with Crippen LogP contribution < -0.4 is 21.0 Å². The SMILES string of the molecule is COc1ccc(Cn2nc(Cc3c(Cl)cc(N(Cc4noc(=O)[nH]4)C(=O)OC(C)(C)C)cc3Cl)cc(C(C)C)c2=O)cc1. The number of hydrogen-bond donors (Lipinski definition) is 1. The zero-order valence-electron chi connectivity index (χ0n) is 24.7. The highest BCUT2D eigenvalue weighted by atomic mass is 35.5. The summed E-state index contributed by atoms with van der Waals surface area (Å²) in [5.74, 6) is 0.0202. The van der Waals surface area contributed by atoms with Gasteiger partial charge >= 0.3 is 11.8 Å². The highest BCUT2D eigenvalue weighted by Gasteiger charge is 2.26. The third-order valence-electron chi connectivity index (χ3n) is 6.37. The molecule has 2 heterocycles. The normalized spacial score (nSPS) is 11.6. The molecule has 11 nitrogen and oxygen atoms in total. The standard InChI is InChI=1S/C30H33Cl2N5O6/c1-17(2)22-11-19(34-37(27(22)38)15-18-7-9-21(41-6)10-8-18)12-23-24(31)13-20(14-25(23)32)36(29(40)42-30(3,4)5)16-26-33-28(39)43-35-26/h7-11,13-14,17H,12,15-16H2,1-6H3,(H,33,35,39). The Bertz CT molecular complexity index is 1700. The summed E-state index contributed by atoms with van der Waals surface area (Å²) in [4.78, 5) is 41.5. The van der Waals surface area contributed by atoms with Crippen molar-refractivity contribution in [2.75, 3.05) is 12.0 Å². The minimum atomic E-state index is -0.797. The lowest BCUT2D eigenvalue weighted by molar-refractivity contribution is 0.0576. The first kappa shape index (κ1) is 31.8. The Morgan fingerprint density at radius 2 is 1.74 bits per heavy atom. The number of rotatable bonds is 9. The van der Waals surface area contributed by atoms with Gasteiger partial charge in [0.15, 0.2) is 5.82 Å². The average molecular weight is 631 g/mol. The number of aromatic amines is 1. The number of hydrogen-bond acceptors (Lipinski definition) is 8. The molecule has 4 aromatic rings. The first-order chi connectivity index (χ1) is 20.2. The van der Waals surface area contributed by atoms with Crippen molar-refractivity contribution >= 4 is 35.0 Å². The molecule has 2 aromatic heterocycles. The number of nitrogens with zero attached hydrogens (tertiary/aromatic N) is 4. The summed E-state index contributed by atoms with van der Waals surface area (Å²) in [6.07, 6.45) is -0.478. The molecule has 1 N–H and O–H groups in total. The van der Waals surface area contributed by atoms with E-state index in [0.717, 1.165) is 5.56 Å². The Kier molecular flexibility index (Phi) is 9.66. The zero-order valence-corrected chi connectivity index (χ0v) is 26.2. The van der Waals surface area contributed by atoms with Gasteiger partial charge in [0.1, 0.15) is 11.4 Å². The van der Waals surface area contributed by atoms with Crippen molar-refractivity contribution in [3.63, 3.8) is 0 Å². The van der Waals surface area contributed by atoms with Gasteiger partial charge in [-0.2, -0.15) is 5.10 Å². The summed E-state index contributed by atoms with van der Waals surface area (Å²) in [7, 11) is 1.59. The fraction of sp³-hybridized carbons (Fsp3) is 0.367. The number of anilines is 1. The second kappa shape index (κ2) is 13.0. The van der Waals surface area contributed by atoms with Crippen molar-refractivity contribution in [3.8, 4) is 5.75 Å². The second-order valence-corrected chi connectivity index (χ2v) is 12.0. The topological polar surface area (TPSA) is 133 Å². The number of amides is 1. The number of carbonyl (C=O) groups is 1. The molecule has 0 aliphatic heterocycles. The summed E-state index contributed by atoms with van der Waals surface area (Å²) >= 11 is 13.5. The van der Waals surface area contributed by atoms with E-state index in [9.17, 15) is 14.4 Å². The molecular formula is C30H33Cl2N5O6. The van der Waals surface area contributed by atoms with E-state index in [2.05, 4.69) is 19.8 Å². The van der Waals surface area contributed by atoms with Crippen LogP contribution in [0.3, 0.4) is 0 Å². The maximum absolute atomic E-state index is 13.3. The van der Waals surface area contributed by atoms with Gasteiger partial charge in [-0.15, -0.1) is 0 Å². The molecular weight excluding hydrogens is 597 g/mol. The number of methoxy groups -OCH3 is 1. The number of benzene rings is 2. The van der Waals surface area contributed by atoms with Gasteiger partial charge in [0.05, 0.1) is 31.6 Å². The molecule has 0 spiro atoms. The van der Waals surface area contributed by atoms with Crippen LogP contribution in [0.25, 0.3) is 0 Å². The number of ether oxygens (including phenoxy) is 2. The fourth-order valence-electron chi connectivity index (χ4n) is 4.28. The van der Waals surface area contributed by atoms with Crippen LogP contribution in [0, 0.1) is 0 Å². The van der Waals surface area contributed by atoms with Gasteiger partial charge in [0.25, 0.3) is 5.56 Å². The molecule has 228 valence electrons. The van der Waals surface area contributed by atoms with E-state index in [1.165, 1.54) is 9.58 Å². The van der Waals surface area contributed by atoms with Crippen molar-refractivity contribution < 1.29 is 18.8 Å². The van der Waals surface area contributed by atoms with Gasteiger partial charge in [-0.05, 0) is 68.1 Å². The van der Waals surface area contributed by atoms with Crippen molar-refractivity contribution in [1.29, 1.82) is 0 Å². The first-order valence-electron chi connectivity index (χ1n) is 13.5. The van der Waals surface area contributed by atoms with Gasteiger partial charge in [-0.3, -0.25) is 19.2 Å². The monoisotopic (exact) mass is 629 g/mol. The van der Waals surface area contributed by atoms with E-state index < -0.39 is 17.5 Å². The number of halogens is 2. The van der Waals surface area contributed by atoms with Crippen LogP contribution in [0.1, 0.15) is 68.7 Å². The van der Waals surface area contributed by atoms with E-state index in [0.29, 0.717) is 28.3 Å². The highest BCUT2D eigenvalue weighted by molar-refractivity contribution is 6.36. The minimum absolute atomic E-state index is 0.0463. The van der Waals surface area contributed by atoms with Crippen molar-refractivity contribution in [2.45, 2.75) is 65.6 Å². The largest absolute Gasteiger partial charge is 0.497 e. The summed E-state index contributed by atoms with van der Waals surface area (Å²) in [5.41, 5.74) is 1.99. The lowest BCUT2D eigenvalue weighted by Crippen LogP contribution is -2.37. The summed E-state index contributed by atoms with van der Waals surface area (Å²) < 4.78 is 16.8. The Balaban J connectivity index is 1.69. The van der Waals surface area contributed by atoms with Crippen LogP contribution in [-0.2, 0) is 24.2 Å². The van der Waals surface area contributed by atoms with Gasteiger partial charge in [0, 0.05) is 22.0 Å². The van der Waals surface area contributed by atoms with E-state index in [1.807, 2.05) is 38.1 Å². The molecule has 0 bridgehead atoms. The van der Waals surface area contributed by atoms with Crippen LogP contribution in [0.15, 0.2) is 56.6 Å². The number of aromatic nitrogens is 4. The van der Waals surface area contributed by atoms with Crippen molar-refractivity contribution in [2.24, 2.45) is 0 Å². The molecule has 0 atom stereocenters. The number of nitrogens with one attached hydrogen (secondary N) is 1. The quantitative estimate of drug-likeness (QED) is 0.240. The molecule has 2 aromatic carbocycles. The number of H-pyrrole nitrogens is 1. The first-order valence-corrected chi connectivity index (χ1v) is 14.3. The molecule has 0 saturated carbocycles. The van der Waals surface area contributed by atoms with Crippen LogP contribution in [-0.4, -0.2) is 38.7 Å². The smallest absolute Gasteiger partial charge is 0.438 e. The molecule has 0 saturated heterocycles. The Morgan fingerprint density at radius 3 is 2.28 bits per heavy atom. The zero-order chi connectivity index (χ0) is 31.5. The number of carbonyl (C=O) groups excluding carboxylic acids is 1. The highest BCUT2D eigenvalue weighted by Crippen LogP contribution is 2.34. The van der Waals surface area contributed by atoms with Gasteiger partial charge in [0.2, 0.25) is 0 Å². The summed E-state index contributed by atoms with van der Waals surface area (Å²) in [6, 6.07) is 12.3. The fourth-order valence-corrected chi connectivity index (χ4v) is 4.89. The molecule has 0 aliphatic carbocycles. The van der Waals surface area contributed by atoms with Crippen LogP contribution in [0.4, 0.5) is 10.5 Å².